The summed E-state index contributed by atoms with van der Waals surface area (Å²) in [6, 6.07) is 7.35. The highest BCUT2D eigenvalue weighted by molar-refractivity contribution is 5.80. The first kappa shape index (κ1) is 25.1. The third kappa shape index (κ3) is 5.89. The normalized spacial score (nSPS) is 24.1. The quantitative estimate of drug-likeness (QED) is 0.506. The van der Waals surface area contributed by atoms with Crippen molar-refractivity contribution in [1.29, 1.82) is 0 Å². The number of nitrogens with zero attached hydrogens (tertiary/aromatic N) is 3. The second-order valence-electron chi connectivity index (χ2n) is 11.4. The zero-order chi connectivity index (χ0) is 24.1. The van der Waals surface area contributed by atoms with Gasteiger partial charge in [0.25, 0.3) is 0 Å². The summed E-state index contributed by atoms with van der Waals surface area (Å²) in [7, 11) is 3.66. The molecule has 0 aromatic heterocycles. The summed E-state index contributed by atoms with van der Waals surface area (Å²) >= 11 is 0. The summed E-state index contributed by atoms with van der Waals surface area (Å²) in [6.07, 6.45) is 16.5. The molecule has 3 fully saturated rings. The zero-order valence-electron chi connectivity index (χ0n) is 22.3. The van der Waals surface area contributed by atoms with E-state index in [4.69, 9.17) is 9.47 Å². The average molecular weight is 482 g/mol. The van der Waals surface area contributed by atoms with Gasteiger partial charge in [-0.05, 0) is 74.1 Å². The predicted molar refractivity (Wildman–Crippen MR) is 147 cm³/mol. The van der Waals surface area contributed by atoms with Gasteiger partial charge in [-0.2, -0.15) is 0 Å². The molecule has 2 aliphatic carbocycles. The number of ether oxygens (including phenoxy) is 2. The summed E-state index contributed by atoms with van der Waals surface area (Å²) in [5.74, 6) is 0. The van der Waals surface area contributed by atoms with Crippen molar-refractivity contribution in [3.05, 3.63) is 29.8 Å². The van der Waals surface area contributed by atoms with Crippen LogP contribution in [0.5, 0.6) is 0 Å². The summed E-state index contributed by atoms with van der Waals surface area (Å²) in [6.45, 7) is 8.51. The van der Waals surface area contributed by atoms with Crippen molar-refractivity contribution in [3.8, 4) is 0 Å². The summed E-state index contributed by atoms with van der Waals surface area (Å²) < 4.78 is 10.9. The lowest BCUT2D eigenvalue weighted by Gasteiger charge is -2.41. The van der Waals surface area contributed by atoms with E-state index in [1.807, 2.05) is 7.11 Å². The highest BCUT2D eigenvalue weighted by atomic mass is 16.5. The molecule has 5 heteroatoms. The highest BCUT2D eigenvalue weighted by Gasteiger charge is 2.34. The smallest absolute Gasteiger partial charge is 0.0605 e. The maximum Gasteiger partial charge on any atom is 0.0605 e. The Kier molecular flexibility index (Phi) is 8.36. The van der Waals surface area contributed by atoms with Crippen LogP contribution in [0.1, 0.15) is 69.8 Å². The average Bonchev–Trinajstić information content (AvgIpc) is 2.93. The molecule has 0 bridgehead atoms. The number of methoxy groups -OCH3 is 2. The first-order chi connectivity index (χ1) is 17.2. The van der Waals surface area contributed by atoms with Crippen LogP contribution < -0.4 is 9.80 Å². The van der Waals surface area contributed by atoms with Gasteiger partial charge in [0, 0.05) is 77.0 Å². The van der Waals surface area contributed by atoms with Crippen LogP contribution in [0.4, 0.5) is 11.4 Å². The molecule has 1 spiro atoms. The third-order valence-electron chi connectivity index (χ3n) is 9.41. The molecule has 35 heavy (non-hydrogen) atoms. The minimum atomic E-state index is 0.423. The van der Waals surface area contributed by atoms with Crippen LogP contribution in [0.15, 0.2) is 24.3 Å². The minimum absolute atomic E-state index is 0.423. The van der Waals surface area contributed by atoms with Crippen LogP contribution in [-0.2, 0) is 9.47 Å². The lowest BCUT2D eigenvalue weighted by molar-refractivity contribution is 0.0819. The summed E-state index contributed by atoms with van der Waals surface area (Å²) in [5, 5.41) is 0. The standard InChI is InChI=1S/C30H47N3O2/c1-34-23-22-31-18-20-33(21-19-31)29-7-6-26(32-16-10-27(35-2)11-17-32)24-28(29)25-8-14-30(15-9-25)12-4-3-5-13-30/h6-8,24,27H,3-5,9-23H2,1-2H3. The second kappa shape index (κ2) is 11.7. The molecule has 1 aromatic carbocycles. The lowest BCUT2D eigenvalue weighted by Crippen LogP contribution is -2.47. The van der Waals surface area contributed by atoms with Crippen molar-refractivity contribution in [2.75, 3.05) is 76.4 Å². The van der Waals surface area contributed by atoms with Gasteiger partial charge in [0.05, 0.1) is 12.7 Å². The van der Waals surface area contributed by atoms with E-state index in [-0.39, 0.29) is 0 Å². The van der Waals surface area contributed by atoms with Crippen LogP contribution in [0.3, 0.4) is 0 Å². The SMILES string of the molecule is COCCN1CCN(c2ccc(N3CCC(OC)CC3)cc2C2=CCC3(CCCCC3)CC2)CC1. The minimum Gasteiger partial charge on any atom is -0.383 e. The van der Waals surface area contributed by atoms with Gasteiger partial charge >= 0.3 is 0 Å². The van der Waals surface area contributed by atoms with E-state index in [0.29, 0.717) is 11.5 Å². The molecule has 4 aliphatic rings. The van der Waals surface area contributed by atoms with Crippen LogP contribution in [-0.4, -0.2) is 77.6 Å². The van der Waals surface area contributed by atoms with Crippen LogP contribution in [0.2, 0.25) is 0 Å². The number of rotatable bonds is 7. The van der Waals surface area contributed by atoms with Gasteiger partial charge in [-0.25, -0.2) is 0 Å². The fraction of sp³-hybridized carbons (Fsp3) is 0.733. The molecule has 5 nitrogen and oxygen atoms in total. The van der Waals surface area contributed by atoms with Crippen molar-refractivity contribution in [1.82, 2.24) is 4.90 Å². The van der Waals surface area contributed by atoms with Gasteiger partial charge in [-0.3, -0.25) is 4.90 Å². The fourth-order valence-corrected chi connectivity index (χ4v) is 6.98. The summed E-state index contributed by atoms with van der Waals surface area (Å²) in [5.41, 5.74) is 6.57. The fourth-order valence-electron chi connectivity index (χ4n) is 6.98. The van der Waals surface area contributed by atoms with Gasteiger partial charge < -0.3 is 19.3 Å². The summed E-state index contributed by atoms with van der Waals surface area (Å²) in [4.78, 5) is 7.77. The van der Waals surface area contributed by atoms with E-state index >= 15 is 0 Å². The maximum absolute atomic E-state index is 5.63. The van der Waals surface area contributed by atoms with Crippen molar-refractivity contribution in [3.63, 3.8) is 0 Å². The van der Waals surface area contributed by atoms with Crippen molar-refractivity contribution in [2.24, 2.45) is 5.41 Å². The lowest BCUT2D eigenvalue weighted by atomic mass is 9.65. The molecular weight excluding hydrogens is 434 g/mol. The van der Waals surface area contributed by atoms with Crippen molar-refractivity contribution < 1.29 is 9.47 Å². The number of hydrogen-bond acceptors (Lipinski definition) is 5. The Labute approximate surface area is 213 Å². The molecule has 0 radical (unpaired) electrons. The number of hydrogen-bond donors (Lipinski definition) is 0. The van der Waals surface area contributed by atoms with Gasteiger partial charge in [-0.1, -0.05) is 25.3 Å². The van der Waals surface area contributed by atoms with Crippen LogP contribution in [0, 0.1) is 5.41 Å². The second-order valence-corrected chi connectivity index (χ2v) is 11.4. The van der Waals surface area contributed by atoms with E-state index < -0.39 is 0 Å². The maximum atomic E-state index is 5.63. The molecule has 0 unspecified atom stereocenters. The van der Waals surface area contributed by atoms with E-state index in [1.165, 1.54) is 68.3 Å². The molecule has 194 valence electrons. The molecule has 0 atom stereocenters. The molecule has 0 amide bonds. The van der Waals surface area contributed by atoms with Gasteiger partial charge in [0.2, 0.25) is 0 Å². The molecule has 1 saturated carbocycles. The van der Waals surface area contributed by atoms with E-state index in [2.05, 4.69) is 39.0 Å². The van der Waals surface area contributed by atoms with Gasteiger partial charge in [0.15, 0.2) is 0 Å². The molecule has 2 heterocycles. The third-order valence-corrected chi connectivity index (χ3v) is 9.41. The van der Waals surface area contributed by atoms with Gasteiger partial charge in [-0.15, -0.1) is 0 Å². The number of piperidine rings is 1. The monoisotopic (exact) mass is 481 g/mol. The van der Waals surface area contributed by atoms with Crippen molar-refractivity contribution in [2.45, 2.75) is 70.3 Å². The Morgan fingerprint density at radius 1 is 0.886 bits per heavy atom. The van der Waals surface area contributed by atoms with E-state index in [0.717, 1.165) is 65.3 Å². The van der Waals surface area contributed by atoms with Crippen LogP contribution >= 0.6 is 0 Å². The predicted octanol–water partition coefficient (Wildman–Crippen LogP) is 5.59. The molecular formula is C30H47N3O2. The first-order valence-electron chi connectivity index (χ1n) is 14.3. The first-order valence-corrected chi connectivity index (χ1v) is 14.3. The number of anilines is 2. The Bertz CT molecular complexity index is 847. The highest BCUT2D eigenvalue weighted by Crippen LogP contribution is 2.49. The van der Waals surface area contributed by atoms with E-state index in [9.17, 15) is 0 Å². The van der Waals surface area contributed by atoms with E-state index in [1.54, 1.807) is 12.7 Å². The van der Waals surface area contributed by atoms with Crippen molar-refractivity contribution >= 4 is 16.9 Å². The van der Waals surface area contributed by atoms with Gasteiger partial charge in [0.1, 0.15) is 0 Å². The molecule has 0 N–H and O–H groups in total. The Hall–Kier alpha value is -1.56. The number of benzene rings is 1. The Morgan fingerprint density at radius 3 is 2.31 bits per heavy atom. The molecule has 2 aliphatic heterocycles. The number of allylic oxidation sites excluding steroid dienone is 2. The molecule has 5 rings (SSSR count). The largest absolute Gasteiger partial charge is 0.383 e. The van der Waals surface area contributed by atoms with Crippen LogP contribution in [0.25, 0.3) is 5.57 Å². The topological polar surface area (TPSA) is 28.2 Å². The number of piperazine rings is 1. The molecule has 2 saturated heterocycles. The Morgan fingerprint density at radius 2 is 1.66 bits per heavy atom. The zero-order valence-corrected chi connectivity index (χ0v) is 22.3. The Balaban J connectivity index is 1.37. The molecule has 1 aromatic rings.